The molecule has 0 saturated carbocycles. The second-order valence-electron chi connectivity index (χ2n) is 12.9. The van der Waals surface area contributed by atoms with E-state index in [0.29, 0.717) is 53.5 Å². The number of methoxy groups -OCH3 is 1. The molecule has 0 radical (unpaired) electrons. The molecular weight excluding hydrogens is 598 g/mol. The van der Waals surface area contributed by atoms with E-state index < -0.39 is 21.5 Å². The molecule has 4 unspecified atom stereocenters. The van der Waals surface area contributed by atoms with Gasteiger partial charge in [-0.15, -0.1) is 0 Å². The summed E-state index contributed by atoms with van der Waals surface area (Å²) in [6.45, 7) is 5.71. The van der Waals surface area contributed by atoms with Gasteiger partial charge >= 0.3 is 0 Å². The molecule has 3 aliphatic rings. The zero-order valence-electron chi connectivity index (χ0n) is 25.6. The highest BCUT2D eigenvalue weighted by Gasteiger charge is 2.49. The van der Waals surface area contributed by atoms with Crippen LogP contribution in [-0.4, -0.2) is 43.1 Å². The summed E-state index contributed by atoms with van der Waals surface area (Å²) in [5.74, 6) is 0.966. The molecule has 0 aliphatic carbocycles. The van der Waals surface area contributed by atoms with E-state index >= 15 is 0 Å². The number of carbonyl (C=O) groups is 1. The van der Waals surface area contributed by atoms with Crippen molar-refractivity contribution in [2.24, 2.45) is 5.92 Å². The van der Waals surface area contributed by atoms with Gasteiger partial charge in [0.15, 0.2) is 21.3 Å². The van der Waals surface area contributed by atoms with E-state index in [9.17, 15) is 18.3 Å². The second kappa shape index (κ2) is 11.7. The molecular formula is C35H40ClNO6S. The van der Waals surface area contributed by atoms with E-state index in [1.165, 1.54) is 0 Å². The number of fused-ring (bicyclic) bond motifs is 3. The third-order valence-electron chi connectivity index (χ3n) is 9.74. The lowest BCUT2D eigenvalue weighted by atomic mass is 9.75. The first kappa shape index (κ1) is 30.9. The van der Waals surface area contributed by atoms with Crippen LogP contribution in [-0.2, 0) is 26.7 Å². The van der Waals surface area contributed by atoms with Crippen LogP contribution in [0.1, 0.15) is 81.2 Å². The van der Waals surface area contributed by atoms with Crippen molar-refractivity contribution in [1.29, 1.82) is 0 Å². The lowest BCUT2D eigenvalue weighted by Crippen LogP contribution is -2.48. The summed E-state index contributed by atoms with van der Waals surface area (Å²) in [5, 5.41) is 11.7. The summed E-state index contributed by atoms with van der Waals surface area (Å²) in [7, 11) is -1.53. The summed E-state index contributed by atoms with van der Waals surface area (Å²) >= 11 is 6.25. The van der Waals surface area contributed by atoms with E-state index in [4.69, 9.17) is 21.1 Å². The van der Waals surface area contributed by atoms with Gasteiger partial charge in [-0.25, -0.2) is 8.42 Å². The number of sulfone groups is 1. The Hall–Kier alpha value is -3.07. The quantitative estimate of drug-likeness (QED) is 0.307. The maximum Gasteiger partial charge on any atom is 0.232 e. The van der Waals surface area contributed by atoms with Gasteiger partial charge in [-0.2, -0.15) is 0 Å². The van der Waals surface area contributed by atoms with Gasteiger partial charge in [0.2, 0.25) is 5.91 Å². The van der Waals surface area contributed by atoms with Crippen LogP contribution in [0.25, 0.3) is 0 Å². The van der Waals surface area contributed by atoms with Crippen molar-refractivity contribution in [2.45, 2.75) is 87.5 Å². The van der Waals surface area contributed by atoms with Crippen LogP contribution in [0.15, 0.2) is 60.7 Å². The molecule has 0 aromatic heterocycles. The summed E-state index contributed by atoms with van der Waals surface area (Å²) in [4.78, 5) is 15.7. The van der Waals surface area contributed by atoms with Gasteiger partial charge in [0.1, 0.15) is 0 Å². The summed E-state index contributed by atoms with van der Waals surface area (Å²) < 4.78 is 37.5. The first-order valence-electron chi connectivity index (χ1n) is 15.4. The molecule has 3 aromatic carbocycles. The van der Waals surface area contributed by atoms with Crippen molar-refractivity contribution < 1.29 is 27.8 Å². The number of rotatable bonds is 7. The molecule has 3 heterocycles. The SMILES string of the molecule is COc1cc2c(cc1OC(C)C)C(c1ccc(Cl)cc1)N(c1ccc(C(C)(O)C3CC4CCC[C@@H](C3)S4(=O)=O)cc1)C(=O)C2. The van der Waals surface area contributed by atoms with Crippen molar-refractivity contribution in [3.63, 3.8) is 0 Å². The minimum absolute atomic E-state index is 0.0677. The highest BCUT2D eigenvalue weighted by molar-refractivity contribution is 7.92. The summed E-state index contributed by atoms with van der Waals surface area (Å²) in [6.07, 6.45) is 3.33. The number of anilines is 1. The first-order valence-corrected chi connectivity index (χ1v) is 17.4. The van der Waals surface area contributed by atoms with Crippen LogP contribution < -0.4 is 14.4 Å². The Bertz CT molecular complexity index is 1630. The third kappa shape index (κ3) is 5.50. The lowest BCUT2D eigenvalue weighted by Gasteiger charge is -2.44. The van der Waals surface area contributed by atoms with E-state index in [1.807, 2.05) is 74.5 Å². The van der Waals surface area contributed by atoms with Crippen LogP contribution in [0.4, 0.5) is 5.69 Å². The van der Waals surface area contributed by atoms with Crippen molar-refractivity contribution >= 4 is 33.0 Å². The molecule has 9 heteroatoms. The Balaban J connectivity index is 1.37. The molecule has 2 fully saturated rings. The fourth-order valence-corrected chi connectivity index (χ4v) is 10.1. The molecule has 2 bridgehead atoms. The number of nitrogens with zero attached hydrogens (tertiary/aromatic N) is 1. The number of ether oxygens (including phenoxy) is 2. The molecule has 7 nitrogen and oxygen atoms in total. The molecule has 44 heavy (non-hydrogen) atoms. The van der Waals surface area contributed by atoms with Gasteiger partial charge in [0, 0.05) is 10.7 Å². The minimum atomic E-state index is -3.12. The molecule has 2 saturated heterocycles. The predicted molar refractivity (Wildman–Crippen MR) is 172 cm³/mol. The molecule has 6 rings (SSSR count). The monoisotopic (exact) mass is 637 g/mol. The van der Waals surface area contributed by atoms with E-state index in [1.54, 1.807) is 18.9 Å². The van der Waals surface area contributed by atoms with Crippen LogP contribution in [0.5, 0.6) is 11.5 Å². The van der Waals surface area contributed by atoms with Crippen molar-refractivity contribution in [2.75, 3.05) is 12.0 Å². The highest BCUT2D eigenvalue weighted by atomic mass is 35.5. The molecule has 3 aromatic rings. The Labute approximate surface area is 265 Å². The van der Waals surface area contributed by atoms with E-state index in [2.05, 4.69) is 0 Å². The van der Waals surface area contributed by atoms with Crippen molar-refractivity contribution in [3.8, 4) is 11.5 Å². The van der Waals surface area contributed by atoms with E-state index in [0.717, 1.165) is 23.1 Å². The molecule has 234 valence electrons. The maximum atomic E-state index is 13.9. The molecule has 1 amide bonds. The minimum Gasteiger partial charge on any atom is -0.493 e. The van der Waals surface area contributed by atoms with Gasteiger partial charge in [-0.05, 0) is 111 Å². The normalized spacial score (nSPS) is 25.7. The van der Waals surface area contributed by atoms with Gasteiger partial charge < -0.3 is 19.5 Å². The lowest BCUT2D eigenvalue weighted by molar-refractivity contribution is -0.118. The maximum absolute atomic E-state index is 13.9. The Morgan fingerprint density at radius 3 is 2.20 bits per heavy atom. The first-order chi connectivity index (χ1) is 20.9. The smallest absolute Gasteiger partial charge is 0.232 e. The zero-order chi connectivity index (χ0) is 31.4. The number of aliphatic hydroxyl groups is 1. The molecule has 3 aliphatic heterocycles. The number of halogens is 1. The number of hydrogen-bond acceptors (Lipinski definition) is 6. The summed E-state index contributed by atoms with van der Waals surface area (Å²) in [5.41, 5.74) is 2.93. The standard InChI is InChI=1S/C35H40ClNO6S/c1-21(2)43-32-20-30-23(16-31(32)42-4)17-33(38)37(34(30)22-8-12-26(36)13-9-22)27-14-10-24(11-15-27)35(3,39)25-18-28-6-5-7-29(19-25)44(28,40)41/h8-16,20-21,25,28-29,34,39H,5-7,17-19H2,1-4H3/t25?,28-,29?,34?,35?/m0/s1. The van der Waals surface area contributed by atoms with Crippen LogP contribution >= 0.6 is 11.6 Å². The van der Waals surface area contributed by atoms with Crippen LogP contribution in [0.3, 0.4) is 0 Å². The fourth-order valence-electron chi connectivity index (χ4n) is 7.39. The molecule has 1 N–H and O–H groups in total. The van der Waals surface area contributed by atoms with Gasteiger partial charge in [-0.3, -0.25) is 4.79 Å². The van der Waals surface area contributed by atoms with Gasteiger partial charge in [0.25, 0.3) is 0 Å². The van der Waals surface area contributed by atoms with E-state index in [-0.39, 0.29) is 34.8 Å². The van der Waals surface area contributed by atoms with Gasteiger partial charge in [0.05, 0.1) is 41.8 Å². The number of hydrogen-bond donors (Lipinski definition) is 1. The fraction of sp³-hybridized carbons (Fsp3) is 0.457. The van der Waals surface area contributed by atoms with Crippen LogP contribution in [0, 0.1) is 5.92 Å². The Morgan fingerprint density at radius 1 is 0.977 bits per heavy atom. The topological polar surface area (TPSA) is 93.1 Å². The number of benzene rings is 3. The average Bonchev–Trinajstić information content (AvgIpc) is 2.96. The number of amides is 1. The molecule has 0 spiro atoms. The molecule has 5 atom stereocenters. The third-order valence-corrected chi connectivity index (χ3v) is 12.7. The Morgan fingerprint density at radius 2 is 1.61 bits per heavy atom. The number of carbonyl (C=O) groups excluding carboxylic acids is 1. The van der Waals surface area contributed by atoms with Crippen molar-refractivity contribution in [3.05, 3.63) is 87.9 Å². The average molecular weight is 638 g/mol. The predicted octanol–water partition coefficient (Wildman–Crippen LogP) is 6.77. The van der Waals surface area contributed by atoms with Crippen LogP contribution in [0.2, 0.25) is 5.02 Å². The van der Waals surface area contributed by atoms with Gasteiger partial charge in [-0.1, -0.05) is 42.3 Å². The largest absolute Gasteiger partial charge is 0.493 e. The second-order valence-corrected chi connectivity index (χ2v) is 15.8. The highest BCUT2D eigenvalue weighted by Crippen LogP contribution is 2.48. The zero-order valence-corrected chi connectivity index (χ0v) is 27.2. The Kier molecular flexibility index (Phi) is 8.22. The van der Waals surface area contributed by atoms with Crippen molar-refractivity contribution in [1.82, 2.24) is 0 Å². The summed E-state index contributed by atoms with van der Waals surface area (Å²) in [6, 6.07) is 18.4.